The minimum atomic E-state index is -0.467. The molecule has 0 amide bonds. The van der Waals surface area contributed by atoms with E-state index in [1.807, 2.05) is 36.5 Å². The molecule has 1 aromatic heterocycles. The molecule has 0 aliphatic heterocycles. The largest absolute Gasteiger partial charge is 0.387 e. The Labute approximate surface area is 118 Å². The Hall–Kier alpha value is -2.10. The van der Waals surface area contributed by atoms with Crippen molar-refractivity contribution in [1.29, 1.82) is 0 Å². The van der Waals surface area contributed by atoms with Gasteiger partial charge < -0.3 is 15.4 Å². The summed E-state index contributed by atoms with van der Waals surface area (Å²) in [6, 6.07) is 18.1. The van der Waals surface area contributed by atoms with E-state index in [9.17, 15) is 5.11 Å². The van der Waals surface area contributed by atoms with Crippen molar-refractivity contribution in [2.24, 2.45) is 0 Å². The fraction of sp³-hybridized carbons (Fsp3) is 0.176. The molecule has 3 aromatic rings. The number of hydrogen-bond acceptors (Lipinski definition) is 2. The number of aliphatic hydroxyl groups is 1. The third-order valence-corrected chi connectivity index (χ3v) is 3.47. The van der Waals surface area contributed by atoms with Crippen LogP contribution in [0.2, 0.25) is 0 Å². The molecule has 0 spiro atoms. The normalized spacial score (nSPS) is 12.7. The maximum absolute atomic E-state index is 10.1. The van der Waals surface area contributed by atoms with E-state index in [1.54, 1.807) is 0 Å². The van der Waals surface area contributed by atoms with E-state index >= 15 is 0 Å². The Morgan fingerprint density at radius 3 is 2.75 bits per heavy atom. The summed E-state index contributed by atoms with van der Waals surface area (Å²) in [5.74, 6) is 0. The van der Waals surface area contributed by atoms with Crippen LogP contribution in [0, 0.1) is 0 Å². The Morgan fingerprint density at radius 1 is 1.05 bits per heavy atom. The molecular formula is C17H18N2O. The third-order valence-electron chi connectivity index (χ3n) is 3.47. The van der Waals surface area contributed by atoms with Crippen LogP contribution in [0.15, 0.2) is 60.8 Å². The molecule has 0 saturated heterocycles. The zero-order valence-electron chi connectivity index (χ0n) is 11.2. The molecular weight excluding hydrogens is 248 g/mol. The average molecular weight is 266 g/mol. The molecule has 0 bridgehead atoms. The fourth-order valence-electron chi connectivity index (χ4n) is 2.35. The quantitative estimate of drug-likeness (QED) is 0.665. The summed E-state index contributed by atoms with van der Waals surface area (Å²) in [4.78, 5) is 3.21. The molecule has 1 atom stereocenters. The molecule has 3 nitrogen and oxygen atoms in total. The summed E-state index contributed by atoms with van der Waals surface area (Å²) in [7, 11) is 0. The first-order valence-corrected chi connectivity index (χ1v) is 6.83. The van der Waals surface area contributed by atoms with Crippen LogP contribution in [-0.2, 0) is 6.54 Å². The summed E-state index contributed by atoms with van der Waals surface area (Å²) in [5.41, 5.74) is 3.30. The zero-order valence-corrected chi connectivity index (χ0v) is 11.2. The predicted molar refractivity (Wildman–Crippen MR) is 81.4 cm³/mol. The summed E-state index contributed by atoms with van der Waals surface area (Å²) >= 11 is 0. The molecule has 3 heteroatoms. The van der Waals surface area contributed by atoms with Gasteiger partial charge >= 0.3 is 0 Å². The highest BCUT2D eigenvalue weighted by atomic mass is 16.3. The first-order valence-electron chi connectivity index (χ1n) is 6.83. The van der Waals surface area contributed by atoms with Gasteiger partial charge in [-0.15, -0.1) is 0 Å². The molecule has 0 aliphatic carbocycles. The Morgan fingerprint density at radius 2 is 1.90 bits per heavy atom. The summed E-state index contributed by atoms with van der Waals surface area (Å²) < 4.78 is 0. The number of H-pyrrole nitrogens is 1. The van der Waals surface area contributed by atoms with Gasteiger partial charge in [0.25, 0.3) is 0 Å². The van der Waals surface area contributed by atoms with Crippen molar-refractivity contribution in [3.05, 3.63) is 71.9 Å². The summed E-state index contributed by atoms with van der Waals surface area (Å²) in [6.45, 7) is 1.30. The van der Waals surface area contributed by atoms with Crippen LogP contribution < -0.4 is 5.32 Å². The lowest BCUT2D eigenvalue weighted by Crippen LogP contribution is -2.21. The fourth-order valence-corrected chi connectivity index (χ4v) is 2.35. The van der Waals surface area contributed by atoms with Crippen molar-refractivity contribution < 1.29 is 5.11 Å². The highest BCUT2D eigenvalue weighted by molar-refractivity contribution is 5.79. The monoisotopic (exact) mass is 266 g/mol. The average Bonchev–Trinajstić information content (AvgIpc) is 2.95. The lowest BCUT2D eigenvalue weighted by Gasteiger charge is -2.12. The van der Waals surface area contributed by atoms with Crippen molar-refractivity contribution in [2.45, 2.75) is 12.6 Å². The van der Waals surface area contributed by atoms with Crippen LogP contribution in [0.3, 0.4) is 0 Å². The molecule has 20 heavy (non-hydrogen) atoms. The Balaban J connectivity index is 1.57. The van der Waals surface area contributed by atoms with Crippen LogP contribution >= 0.6 is 0 Å². The lowest BCUT2D eigenvalue weighted by atomic mass is 10.1. The van der Waals surface area contributed by atoms with Crippen molar-refractivity contribution in [3.8, 4) is 0 Å². The van der Waals surface area contributed by atoms with E-state index < -0.39 is 6.10 Å². The van der Waals surface area contributed by atoms with Gasteiger partial charge in [-0.05, 0) is 28.6 Å². The van der Waals surface area contributed by atoms with Gasteiger partial charge in [0.1, 0.15) is 0 Å². The number of hydrogen-bond donors (Lipinski definition) is 3. The second-order valence-electron chi connectivity index (χ2n) is 4.96. The number of nitrogens with one attached hydrogen (secondary N) is 2. The second kappa shape index (κ2) is 5.90. The van der Waals surface area contributed by atoms with E-state index in [0.717, 1.165) is 17.6 Å². The minimum Gasteiger partial charge on any atom is -0.387 e. The molecule has 2 aromatic carbocycles. The maximum Gasteiger partial charge on any atom is 0.0914 e. The third kappa shape index (κ3) is 2.90. The molecule has 0 radical (unpaired) electrons. The second-order valence-corrected chi connectivity index (χ2v) is 4.96. The van der Waals surface area contributed by atoms with Gasteiger partial charge in [-0.2, -0.15) is 0 Å². The highest BCUT2D eigenvalue weighted by Gasteiger charge is 2.06. The van der Waals surface area contributed by atoms with Gasteiger partial charge in [-0.3, -0.25) is 0 Å². The van der Waals surface area contributed by atoms with Gasteiger partial charge in [0.2, 0.25) is 0 Å². The van der Waals surface area contributed by atoms with Gasteiger partial charge in [0, 0.05) is 24.8 Å². The number of aromatic amines is 1. The van der Waals surface area contributed by atoms with E-state index in [2.05, 4.69) is 34.6 Å². The number of aliphatic hydroxyl groups excluding tert-OH is 1. The van der Waals surface area contributed by atoms with Crippen molar-refractivity contribution in [2.75, 3.05) is 6.54 Å². The maximum atomic E-state index is 10.1. The first kappa shape index (κ1) is 12.9. The van der Waals surface area contributed by atoms with Crippen LogP contribution in [0.4, 0.5) is 0 Å². The van der Waals surface area contributed by atoms with E-state index in [0.29, 0.717) is 6.54 Å². The number of aromatic nitrogens is 1. The number of rotatable bonds is 5. The lowest BCUT2D eigenvalue weighted by molar-refractivity contribution is 0.174. The van der Waals surface area contributed by atoms with Crippen LogP contribution in [0.1, 0.15) is 17.2 Å². The molecule has 3 N–H and O–H groups in total. The Kier molecular flexibility index (Phi) is 3.81. The first-order chi connectivity index (χ1) is 9.83. The van der Waals surface area contributed by atoms with E-state index in [4.69, 9.17) is 0 Å². The molecule has 0 saturated carbocycles. The Bertz CT molecular complexity index is 676. The highest BCUT2D eigenvalue weighted by Crippen LogP contribution is 2.14. The van der Waals surface area contributed by atoms with Crippen LogP contribution in [-0.4, -0.2) is 16.6 Å². The predicted octanol–water partition coefficient (Wildman–Crippen LogP) is 2.99. The van der Waals surface area contributed by atoms with Crippen LogP contribution in [0.25, 0.3) is 10.9 Å². The molecule has 0 fully saturated rings. The van der Waals surface area contributed by atoms with Gasteiger partial charge in [-0.25, -0.2) is 0 Å². The van der Waals surface area contributed by atoms with Gasteiger partial charge in [0.15, 0.2) is 0 Å². The van der Waals surface area contributed by atoms with E-state index in [1.165, 1.54) is 10.9 Å². The van der Waals surface area contributed by atoms with Crippen molar-refractivity contribution in [3.63, 3.8) is 0 Å². The molecule has 1 heterocycles. The van der Waals surface area contributed by atoms with E-state index in [-0.39, 0.29) is 0 Å². The molecule has 3 rings (SSSR count). The summed E-state index contributed by atoms with van der Waals surface area (Å²) in [6.07, 6.45) is 1.48. The molecule has 102 valence electrons. The molecule has 1 unspecified atom stereocenters. The van der Waals surface area contributed by atoms with Crippen molar-refractivity contribution in [1.82, 2.24) is 10.3 Å². The SMILES string of the molecule is OC(CNCc1ccc2cc[nH]c2c1)c1ccccc1. The van der Waals surface area contributed by atoms with Crippen LogP contribution in [0.5, 0.6) is 0 Å². The zero-order chi connectivity index (χ0) is 13.8. The van der Waals surface area contributed by atoms with Gasteiger partial charge in [0.05, 0.1) is 6.10 Å². The number of benzene rings is 2. The van der Waals surface area contributed by atoms with Crippen molar-refractivity contribution >= 4 is 10.9 Å². The standard InChI is InChI=1S/C17H18N2O/c20-17(15-4-2-1-3-5-15)12-18-11-13-6-7-14-8-9-19-16(14)10-13/h1-10,17-20H,11-12H2. The summed E-state index contributed by atoms with van der Waals surface area (Å²) in [5, 5.41) is 14.6. The smallest absolute Gasteiger partial charge is 0.0914 e. The minimum absolute atomic E-state index is 0.467. The number of fused-ring (bicyclic) bond motifs is 1. The topological polar surface area (TPSA) is 48.0 Å². The van der Waals surface area contributed by atoms with Gasteiger partial charge in [-0.1, -0.05) is 42.5 Å². The molecule has 0 aliphatic rings.